The average Bonchev–Trinajstić information content (AvgIpc) is 2.29. The molecule has 1 unspecified atom stereocenters. The summed E-state index contributed by atoms with van der Waals surface area (Å²) in [5.74, 6) is -0.189. The van der Waals surface area contributed by atoms with Gasteiger partial charge in [-0.1, -0.05) is 23.2 Å². The Kier molecular flexibility index (Phi) is 6.05. The van der Waals surface area contributed by atoms with Gasteiger partial charge in [-0.15, -0.1) is 0 Å². The minimum absolute atomic E-state index is 0.110. The van der Waals surface area contributed by atoms with Gasteiger partial charge in [-0.25, -0.2) is 4.79 Å². The van der Waals surface area contributed by atoms with Crippen molar-refractivity contribution in [2.75, 3.05) is 0 Å². The number of benzene rings is 1. The summed E-state index contributed by atoms with van der Waals surface area (Å²) in [5.41, 5.74) is -0.230. The Morgan fingerprint density at radius 2 is 1.90 bits per heavy atom. The van der Waals surface area contributed by atoms with Crippen LogP contribution in [-0.2, 0) is 4.74 Å². The van der Waals surface area contributed by atoms with E-state index in [1.165, 1.54) is 6.07 Å². The topological polar surface area (TPSA) is 55.4 Å². The fourth-order valence-electron chi connectivity index (χ4n) is 1.66. The zero-order chi connectivity index (χ0) is 16.2. The largest absolute Gasteiger partial charge is 0.444 e. The van der Waals surface area contributed by atoms with Crippen molar-refractivity contribution in [1.29, 1.82) is 0 Å². The molecule has 0 spiro atoms. The van der Waals surface area contributed by atoms with Crippen molar-refractivity contribution in [3.63, 3.8) is 0 Å². The van der Waals surface area contributed by atoms with Crippen LogP contribution >= 0.6 is 23.2 Å². The number of alkyl carbamates (subject to hydrolysis) is 1. The number of carbonyl (C=O) groups excluding carboxylic acids is 2. The second-order valence-corrected chi connectivity index (χ2v) is 6.64. The van der Waals surface area contributed by atoms with E-state index in [2.05, 4.69) is 5.32 Å². The molecule has 0 radical (unpaired) electrons. The Morgan fingerprint density at radius 3 is 2.48 bits per heavy atom. The summed E-state index contributed by atoms with van der Waals surface area (Å²) in [6, 6.07) is 4.33. The Bertz CT molecular complexity index is 538. The monoisotopic (exact) mass is 331 g/mol. The number of halogens is 2. The van der Waals surface area contributed by atoms with Crippen LogP contribution in [0.5, 0.6) is 0 Å². The maximum Gasteiger partial charge on any atom is 0.407 e. The number of ketones is 1. The predicted molar refractivity (Wildman–Crippen MR) is 84.2 cm³/mol. The highest BCUT2D eigenvalue weighted by atomic mass is 35.5. The van der Waals surface area contributed by atoms with Crippen molar-refractivity contribution in [1.82, 2.24) is 5.32 Å². The molecule has 0 saturated carbocycles. The zero-order valence-electron chi connectivity index (χ0n) is 12.5. The SMILES string of the molecule is CC(CC(=O)c1cc(Cl)ccc1Cl)NC(=O)OC(C)(C)C. The van der Waals surface area contributed by atoms with Crippen molar-refractivity contribution in [3.8, 4) is 0 Å². The first-order valence-corrected chi connectivity index (χ1v) is 7.32. The second kappa shape index (κ2) is 7.14. The van der Waals surface area contributed by atoms with Gasteiger partial charge in [0.1, 0.15) is 5.60 Å². The van der Waals surface area contributed by atoms with Crippen molar-refractivity contribution in [2.24, 2.45) is 0 Å². The van der Waals surface area contributed by atoms with Crippen molar-refractivity contribution < 1.29 is 14.3 Å². The van der Waals surface area contributed by atoms with Gasteiger partial charge in [0.15, 0.2) is 5.78 Å². The van der Waals surface area contributed by atoms with Gasteiger partial charge in [-0.3, -0.25) is 4.79 Å². The van der Waals surface area contributed by atoms with Crippen molar-refractivity contribution >= 4 is 35.1 Å². The zero-order valence-corrected chi connectivity index (χ0v) is 14.0. The molecule has 1 atom stereocenters. The lowest BCUT2D eigenvalue weighted by molar-refractivity contribution is 0.0506. The van der Waals surface area contributed by atoms with E-state index >= 15 is 0 Å². The van der Waals surface area contributed by atoms with Crippen LogP contribution in [0.4, 0.5) is 4.79 Å². The summed E-state index contributed by atoms with van der Waals surface area (Å²) in [4.78, 5) is 23.8. The number of hydrogen-bond donors (Lipinski definition) is 1. The van der Waals surface area contributed by atoms with Crippen LogP contribution < -0.4 is 5.32 Å². The lowest BCUT2D eigenvalue weighted by atomic mass is 10.0. The first kappa shape index (κ1) is 17.8. The van der Waals surface area contributed by atoms with E-state index in [9.17, 15) is 9.59 Å². The van der Waals surface area contributed by atoms with Crippen LogP contribution in [0, 0.1) is 0 Å². The Labute approximate surface area is 134 Å². The summed E-state index contributed by atoms with van der Waals surface area (Å²) in [6.45, 7) is 7.04. The van der Waals surface area contributed by atoms with Gasteiger partial charge in [0.05, 0.1) is 5.02 Å². The number of carbonyl (C=O) groups is 2. The molecule has 1 N–H and O–H groups in total. The quantitative estimate of drug-likeness (QED) is 0.827. The van der Waals surface area contributed by atoms with Crippen LogP contribution in [0.3, 0.4) is 0 Å². The average molecular weight is 332 g/mol. The third-order valence-electron chi connectivity index (χ3n) is 2.48. The van der Waals surface area contributed by atoms with E-state index < -0.39 is 11.7 Å². The van der Waals surface area contributed by atoms with Gasteiger partial charge >= 0.3 is 6.09 Å². The molecule has 4 nitrogen and oxygen atoms in total. The maximum atomic E-state index is 12.2. The number of ether oxygens (including phenoxy) is 1. The Balaban J connectivity index is 2.62. The molecular weight excluding hydrogens is 313 g/mol. The van der Waals surface area contributed by atoms with Crippen molar-refractivity contribution in [2.45, 2.75) is 45.8 Å². The third kappa shape index (κ3) is 6.36. The molecule has 1 rings (SSSR count). The molecule has 0 aliphatic carbocycles. The van der Waals surface area contributed by atoms with Gasteiger partial charge in [0, 0.05) is 23.0 Å². The summed E-state index contributed by atoms with van der Waals surface area (Å²) in [6.07, 6.45) is -0.445. The molecule has 0 saturated heterocycles. The molecule has 6 heteroatoms. The fourth-order valence-corrected chi connectivity index (χ4v) is 2.05. The lowest BCUT2D eigenvalue weighted by Gasteiger charge is -2.21. The highest BCUT2D eigenvalue weighted by molar-refractivity contribution is 6.35. The molecule has 0 heterocycles. The van der Waals surface area contributed by atoms with E-state index in [0.717, 1.165) is 0 Å². The van der Waals surface area contributed by atoms with Crippen LogP contribution in [0.15, 0.2) is 18.2 Å². The summed E-state index contributed by atoms with van der Waals surface area (Å²) in [7, 11) is 0. The molecular formula is C15H19Cl2NO3. The van der Waals surface area contributed by atoms with E-state index in [1.54, 1.807) is 39.8 Å². The van der Waals surface area contributed by atoms with E-state index in [4.69, 9.17) is 27.9 Å². The van der Waals surface area contributed by atoms with Crippen LogP contribution in [0.25, 0.3) is 0 Å². The molecule has 116 valence electrons. The van der Waals surface area contributed by atoms with Gasteiger partial charge in [0.25, 0.3) is 0 Å². The van der Waals surface area contributed by atoms with Crippen LogP contribution in [-0.4, -0.2) is 23.5 Å². The Morgan fingerprint density at radius 1 is 1.29 bits per heavy atom. The molecule has 0 bridgehead atoms. The summed E-state index contributed by atoms with van der Waals surface area (Å²) < 4.78 is 5.13. The smallest absolute Gasteiger partial charge is 0.407 e. The van der Waals surface area contributed by atoms with Crippen LogP contribution in [0.1, 0.15) is 44.5 Å². The normalized spacial score (nSPS) is 12.7. The molecule has 0 aromatic heterocycles. The molecule has 21 heavy (non-hydrogen) atoms. The molecule has 1 amide bonds. The minimum Gasteiger partial charge on any atom is -0.444 e. The maximum absolute atomic E-state index is 12.2. The number of nitrogens with one attached hydrogen (secondary N) is 1. The first-order valence-electron chi connectivity index (χ1n) is 6.56. The van der Waals surface area contributed by atoms with E-state index in [1.807, 2.05) is 0 Å². The number of amides is 1. The molecule has 1 aromatic carbocycles. The minimum atomic E-state index is -0.579. The van der Waals surface area contributed by atoms with Gasteiger partial charge in [-0.2, -0.15) is 0 Å². The second-order valence-electron chi connectivity index (χ2n) is 5.80. The van der Waals surface area contributed by atoms with Gasteiger partial charge in [0.2, 0.25) is 0 Å². The molecule has 1 aromatic rings. The molecule has 0 aliphatic heterocycles. The number of hydrogen-bond acceptors (Lipinski definition) is 3. The van der Waals surface area contributed by atoms with Gasteiger partial charge < -0.3 is 10.1 Å². The Hall–Kier alpha value is -1.26. The van der Waals surface area contributed by atoms with Crippen LogP contribution in [0.2, 0.25) is 10.0 Å². The first-order chi connectivity index (χ1) is 9.58. The van der Waals surface area contributed by atoms with Crippen molar-refractivity contribution in [3.05, 3.63) is 33.8 Å². The summed E-state index contributed by atoms with van der Waals surface area (Å²) in [5, 5.41) is 3.39. The van der Waals surface area contributed by atoms with E-state index in [-0.39, 0.29) is 18.2 Å². The standard InChI is InChI=1S/C15H19Cl2NO3/c1-9(18-14(20)21-15(2,3)4)7-13(19)11-8-10(16)5-6-12(11)17/h5-6,8-9H,7H2,1-4H3,(H,18,20). The number of rotatable bonds is 4. The molecule has 0 fully saturated rings. The third-order valence-corrected chi connectivity index (χ3v) is 3.05. The fraction of sp³-hybridized carbons (Fsp3) is 0.467. The number of Topliss-reactive ketones (excluding diaryl/α,β-unsaturated/α-hetero) is 1. The summed E-state index contributed by atoms with van der Waals surface area (Å²) >= 11 is 11.8. The lowest BCUT2D eigenvalue weighted by Crippen LogP contribution is -2.38. The van der Waals surface area contributed by atoms with E-state index in [0.29, 0.717) is 15.6 Å². The molecule has 0 aliphatic rings. The van der Waals surface area contributed by atoms with Gasteiger partial charge in [-0.05, 0) is 45.9 Å². The highest BCUT2D eigenvalue weighted by Crippen LogP contribution is 2.22. The predicted octanol–water partition coefficient (Wildman–Crippen LogP) is 4.48. The highest BCUT2D eigenvalue weighted by Gasteiger charge is 2.20.